The van der Waals surface area contributed by atoms with Gasteiger partial charge in [-0.25, -0.2) is 4.79 Å². The molecule has 0 bridgehead atoms. The molecule has 0 unspecified atom stereocenters. The molecule has 3 aromatic heterocycles. The number of hydrogen-bond acceptors (Lipinski definition) is 7. The van der Waals surface area contributed by atoms with E-state index in [1.54, 1.807) is 17.4 Å². The summed E-state index contributed by atoms with van der Waals surface area (Å²) in [7, 11) is 1.45. The molecule has 0 aliphatic carbocycles. The van der Waals surface area contributed by atoms with Gasteiger partial charge in [-0.15, -0.1) is 11.3 Å². The second kappa shape index (κ2) is 12.2. The number of nitrogens with zero attached hydrogens (tertiary/aromatic N) is 1. The monoisotopic (exact) mass is 477 g/mol. The van der Waals surface area contributed by atoms with E-state index in [0.717, 1.165) is 26.6 Å². The Bertz CT molecular complexity index is 1130. The second-order valence-corrected chi connectivity index (χ2v) is 8.23. The molecule has 3 rings (SSSR count). The fourth-order valence-corrected chi connectivity index (χ4v) is 4.79. The van der Waals surface area contributed by atoms with E-state index in [1.165, 1.54) is 24.6 Å². The molecule has 0 aliphatic heterocycles. The molecule has 0 spiro atoms. The van der Waals surface area contributed by atoms with Gasteiger partial charge in [0.2, 0.25) is 0 Å². The van der Waals surface area contributed by atoms with Crippen molar-refractivity contribution >= 4 is 40.4 Å². The fraction of sp³-hybridized carbons (Fsp3) is 0.211. The summed E-state index contributed by atoms with van der Waals surface area (Å²) in [5.41, 5.74) is 1.09. The van der Waals surface area contributed by atoms with Gasteiger partial charge in [-0.1, -0.05) is 11.8 Å². The maximum absolute atomic E-state index is 12.4. The molecule has 0 saturated heterocycles. The number of carboxylic acid groups (broad SMARTS) is 1. The van der Waals surface area contributed by atoms with Crippen LogP contribution in [0, 0.1) is 6.92 Å². The van der Waals surface area contributed by atoms with Crippen molar-refractivity contribution in [2.24, 2.45) is 7.05 Å². The first-order valence-electron chi connectivity index (χ1n) is 8.53. The van der Waals surface area contributed by atoms with E-state index in [0.29, 0.717) is 4.88 Å². The predicted octanol–water partition coefficient (Wildman–Crippen LogP) is -4.43. The van der Waals surface area contributed by atoms with Gasteiger partial charge in [0.1, 0.15) is 5.69 Å². The largest absolute Gasteiger partial charge is 1.00 e. The van der Waals surface area contributed by atoms with Crippen LogP contribution >= 0.6 is 22.7 Å². The van der Waals surface area contributed by atoms with Gasteiger partial charge in [0, 0.05) is 41.0 Å². The van der Waals surface area contributed by atoms with Gasteiger partial charge >= 0.3 is 65.1 Å². The maximum Gasteiger partial charge on any atom is 1.00 e. The molecule has 12 heteroatoms. The van der Waals surface area contributed by atoms with Gasteiger partial charge in [-0.05, 0) is 35.4 Å². The first-order valence-corrected chi connectivity index (χ1v) is 10.3. The quantitative estimate of drug-likeness (QED) is 0.347. The van der Waals surface area contributed by atoms with E-state index < -0.39 is 41.5 Å². The van der Waals surface area contributed by atoms with Gasteiger partial charge < -0.3 is 30.2 Å². The number of hydrogen-bond donors (Lipinski definition) is 2. The Morgan fingerprint density at radius 3 is 2.52 bits per heavy atom. The average molecular weight is 477 g/mol. The Morgan fingerprint density at radius 1 is 1.19 bits per heavy atom. The van der Waals surface area contributed by atoms with E-state index in [4.69, 9.17) is 0 Å². The number of aliphatic carboxylic acids is 1. The zero-order chi connectivity index (χ0) is 21.1. The summed E-state index contributed by atoms with van der Waals surface area (Å²) in [5, 5.41) is 31.8. The summed E-state index contributed by atoms with van der Waals surface area (Å²) in [5.74, 6) is -1.97. The zero-order valence-electron chi connectivity index (χ0n) is 17.6. The Morgan fingerprint density at radius 2 is 1.90 bits per heavy atom. The summed E-state index contributed by atoms with van der Waals surface area (Å²) in [6.45, 7) is 1.98. The number of thiophene rings is 2. The third-order valence-corrected chi connectivity index (χ3v) is 6.33. The van der Waals surface area contributed by atoms with Crippen molar-refractivity contribution in [3.05, 3.63) is 56.0 Å². The normalized spacial score (nSPS) is 11.0. The van der Waals surface area contributed by atoms with Crippen molar-refractivity contribution in [1.82, 2.24) is 9.88 Å². The number of nitrogens with one attached hydrogen (secondary N) is 2. The van der Waals surface area contributed by atoms with E-state index in [9.17, 15) is 24.6 Å². The van der Waals surface area contributed by atoms with Crippen LogP contribution in [0.1, 0.15) is 22.9 Å². The number of urea groups is 1. The average Bonchev–Trinajstić information content (AvgIpc) is 3.30. The second-order valence-electron chi connectivity index (χ2n) is 6.37. The van der Waals surface area contributed by atoms with Crippen molar-refractivity contribution < 1.29 is 78.9 Å². The van der Waals surface area contributed by atoms with Crippen molar-refractivity contribution in [3.8, 4) is 16.2 Å². The Balaban J connectivity index is 0.00000240. The fourth-order valence-electron chi connectivity index (χ4n) is 2.72. The molecule has 2 N–H and O–H groups in total. The number of carbonyl (C=O) groups excluding carboxylic acids is 2. The van der Waals surface area contributed by atoms with Crippen molar-refractivity contribution in [3.63, 3.8) is 0 Å². The molecule has 0 fully saturated rings. The minimum Gasteiger partial charge on any atom is -0.871 e. The summed E-state index contributed by atoms with van der Waals surface area (Å²) >= 11 is 2.92. The van der Waals surface area contributed by atoms with Crippen LogP contribution < -0.4 is 85.5 Å². The number of carboxylic acids is 1. The number of rotatable bonds is 6. The molecule has 0 saturated carbocycles. The topological polar surface area (TPSA) is 126 Å². The molecule has 31 heavy (non-hydrogen) atoms. The molecule has 3 aromatic rings. The molecule has 3 heterocycles. The molecular formula is C19H17N3Na2O5S2. The minimum atomic E-state index is -1.34. The smallest absolute Gasteiger partial charge is 0.871 e. The standard InChI is InChI=1S/C19H19N3O5S2.2Na/c1-10-8-28-9-11(10)14-3-4-15(29-14)12(7-16(24)25)20-19(27)21-17-13(23)5-6-22(2)18(17)26;;/h3-6,8-9,12,23H,7H2,1-2H3,(H,24,25)(H2,20,21,27);;/q;2*+1/p-2/t12-;;/m0../s1. The van der Waals surface area contributed by atoms with Gasteiger partial charge in [0.25, 0.3) is 5.56 Å². The van der Waals surface area contributed by atoms with Crippen LogP contribution in [0.25, 0.3) is 10.4 Å². The molecule has 2 amide bonds. The molecule has 0 aliphatic rings. The SMILES string of the molecule is Cc1cscc1-c1ccc([C@H](CC(=O)[O-])NC(=O)Nc2c([O-])ccn(C)c2=O)s1.[Na+].[Na+]. The number of carbonyl (C=O) groups is 2. The van der Waals surface area contributed by atoms with Crippen LogP contribution in [-0.4, -0.2) is 16.6 Å². The van der Waals surface area contributed by atoms with Gasteiger partial charge in [-0.3, -0.25) is 4.79 Å². The van der Waals surface area contributed by atoms with Gasteiger partial charge in [0.05, 0.1) is 6.04 Å². The molecule has 152 valence electrons. The number of pyridine rings is 1. The Labute approximate surface area is 230 Å². The van der Waals surface area contributed by atoms with Crippen molar-refractivity contribution in [2.75, 3.05) is 5.32 Å². The number of anilines is 1. The Kier molecular flexibility index (Phi) is 11.0. The van der Waals surface area contributed by atoms with Crippen LogP contribution in [-0.2, 0) is 11.8 Å². The number of amides is 2. The van der Waals surface area contributed by atoms with Crippen LogP contribution in [0.4, 0.5) is 10.5 Å². The van der Waals surface area contributed by atoms with Gasteiger partial charge in [-0.2, -0.15) is 11.3 Å². The summed E-state index contributed by atoms with van der Waals surface area (Å²) < 4.78 is 1.16. The van der Waals surface area contributed by atoms with Crippen molar-refractivity contribution in [1.29, 1.82) is 0 Å². The molecule has 0 radical (unpaired) electrons. The van der Waals surface area contributed by atoms with Gasteiger partial charge in [0.15, 0.2) is 0 Å². The predicted molar refractivity (Wildman–Crippen MR) is 108 cm³/mol. The van der Waals surface area contributed by atoms with E-state index >= 15 is 0 Å². The first kappa shape index (κ1) is 27.9. The molecule has 1 atom stereocenters. The zero-order valence-corrected chi connectivity index (χ0v) is 23.2. The molecular weight excluding hydrogens is 460 g/mol. The number of aromatic nitrogens is 1. The Hall–Kier alpha value is -1.11. The first-order chi connectivity index (χ1) is 13.8. The summed E-state index contributed by atoms with van der Waals surface area (Å²) in [4.78, 5) is 37.2. The van der Waals surface area contributed by atoms with E-state index in [-0.39, 0.29) is 59.1 Å². The number of aryl methyl sites for hydroxylation is 2. The third kappa shape index (κ3) is 6.93. The van der Waals surface area contributed by atoms with E-state index in [2.05, 4.69) is 10.6 Å². The summed E-state index contributed by atoms with van der Waals surface area (Å²) in [6.07, 6.45) is 0.847. The third-order valence-electron chi connectivity index (χ3n) is 4.24. The van der Waals surface area contributed by atoms with Crippen LogP contribution in [0.3, 0.4) is 0 Å². The maximum atomic E-state index is 12.4. The molecule has 0 aromatic carbocycles. The molecule has 8 nitrogen and oxygen atoms in total. The van der Waals surface area contributed by atoms with Crippen LogP contribution in [0.2, 0.25) is 0 Å². The van der Waals surface area contributed by atoms with E-state index in [1.807, 2.05) is 23.8 Å². The van der Waals surface area contributed by atoms with Crippen molar-refractivity contribution in [2.45, 2.75) is 19.4 Å². The summed E-state index contributed by atoms with van der Waals surface area (Å²) in [6, 6.07) is 3.04. The minimum absolute atomic E-state index is 0. The van der Waals surface area contributed by atoms with Crippen LogP contribution in [0.5, 0.6) is 5.75 Å². The van der Waals surface area contributed by atoms with Crippen LogP contribution in [0.15, 0.2) is 40.0 Å².